The van der Waals surface area contributed by atoms with Gasteiger partial charge in [-0.15, -0.1) is 11.3 Å². The monoisotopic (exact) mass is 362 g/mol. The summed E-state index contributed by atoms with van der Waals surface area (Å²) in [5, 5.41) is 5.28. The average molecular weight is 362 g/mol. The van der Waals surface area contributed by atoms with Crippen LogP contribution in [-0.2, 0) is 11.2 Å². The molecule has 4 aromatic rings. The van der Waals surface area contributed by atoms with Gasteiger partial charge in [-0.3, -0.25) is 4.79 Å². The lowest BCUT2D eigenvalue weighted by molar-refractivity contribution is -0.118. The van der Waals surface area contributed by atoms with Crippen molar-refractivity contribution < 1.29 is 4.79 Å². The number of fused-ring (bicyclic) bond motifs is 1. The van der Waals surface area contributed by atoms with Gasteiger partial charge in [0.05, 0.1) is 5.00 Å². The van der Waals surface area contributed by atoms with Gasteiger partial charge < -0.3 is 16.0 Å². The molecule has 0 spiro atoms. The number of rotatable bonds is 6. The number of aromatic nitrogens is 2. The third kappa shape index (κ3) is 3.32. The predicted octanol–water partition coefficient (Wildman–Crippen LogP) is 3.80. The van der Waals surface area contributed by atoms with Crippen molar-refractivity contribution in [3.05, 3.63) is 72.6 Å². The largest absolute Gasteiger partial charge is 0.368 e. The zero-order valence-electron chi connectivity index (χ0n) is 14.0. The molecule has 4 N–H and O–H groups in total. The molecule has 6 heteroatoms. The smallest absolute Gasteiger partial charge is 0.240 e. The highest BCUT2D eigenvalue weighted by atomic mass is 32.1. The molecule has 0 bridgehead atoms. The Morgan fingerprint density at radius 1 is 1.15 bits per heavy atom. The lowest BCUT2D eigenvalue weighted by Gasteiger charge is -2.15. The molecule has 5 nitrogen and oxygen atoms in total. The Morgan fingerprint density at radius 2 is 2.00 bits per heavy atom. The maximum absolute atomic E-state index is 11.9. The van der Waals surface area contributed by atoms with E-state index < -0.39 is 6.04 Å². The topological polar surface area (TPSA) is 83.8 Å². The molecule has 26 heavy (non-hydrogen) atoms. The van der Waals surface area contributed by atoms with Gasteiger partial charge in [-0.25, -0.2) is 4.98 Å². The Labute approximate surface area is 154 Å². The predicted molar refractivity (Wildman–Crippen MR) is 106 cm³/mol. The lowest BCUT2D eigenvalue weighted by Crippen LogP contribution is -2.36. The fourth-order valence-corrected chi connectivity index (χ4v) is 3.98. The summed E-state index contributed by atoms with van der Waals surface area (Å²) in [5.74, 6) is -0.360. The number of hydrogen-bond acceptors (Lipinski definition) is 4. The molecular formula is C20H18N4OS. The number of aromatic amines is 1. The van der Waals surface area contributed by atoms with E-state index in [1.165, 1.54) is 0 Å². The Hall–Kier alpha value is -3.12. The number of pyridine rings is 1. The van der Waals surface area contributed by atoms with Gasteiger partial charge in [0.15, 0.2) is 0 Å². The molecule has 0 radical (unpaired) electrons. The molecule has 0 fully saturated rings. The van der Waals surface area contributed by atoms with E-state index in [-0.39, 0.29) is 5.91 Å². The molecule has 1 amide bonds. The van der Waals surface area contributed by atoms with Crippen molar-refractivity contribution in [2.24, 2.45) is 5.73 Å². The molecule has 1 aromatic carbocycles. The molecule has 130 valence electrons. The van der Waals surface area contributed by atoms with Crippen LogP contribution in [0.4, 0.5) is 5.00 Å². The minimum absolute atomic E-state index is 0.360. The van der Waals surface area contributed by atoms with Gasteiger partial charge in [0.2, 0.25) is 5.91 Å². The number of hydrogen-bond donors (Lipinski definition) is 3. The first kappa shape index (κ1) is 16.4. The van der Waals surface area contributed by atoms with Crippen LogP contribution in [0.5, 0.6) is 0 Å². The maximum Gasteiger partial charge on any atom is 0.240 e. The van der Waals surface area contributed by atoms with E-state index in [1.807, 2.05) is 54.7 Å². The number of nitrogens with zero attached hydrogens (tertiary/aromatic N) is 1. The van der Waals surface area contributed by atoms with Crippen molar-refractivity contribution in [2.75, 3.05) is 5.32 Å². The van der Waals surface area contributed by atoms with E-state index in [1.54, 1.807) is 17.5 Å². The second-order valence-electron chi connectivity index (χ2n) is 6.05. The van der Waals surface area contributed by atoms with Gasteiger partial charge in [-0.2, -0.15) is 0 Å². The molecule has 0 aliphatic rings. The van der Waals surface area contributed by atoms with Crippen molar-refractivity contribution in [1.29, 1.82) is 0 Å². The van der Waals surface area contributed by atoms with Gasteiger partial charge in [-0.1, -0.05) is 30.3 Å². The summed E-state index contributed by atoms with van der Waals surface area (Å²) < 4.78 is 0. The van der Waals surface area contributed by atoms with Gasteiger partial charge in [0.1, 0.15) is 11.7 Å². The summed E-state index contributed by atoms with van der Waals surface area (Å²) in [6.07, 6.45) is 4.24. The average Bonchev–Trinajstić information content (AvgIpc) is 3.31. The Kier molecular flexibility index (Phi) is 4.41. The number of anilines is 1. The summed E-state index contributed by atoms with van der Waals surface area (Å²) in [5.41, 5.74) is 8.66. The van der Waals surface area contributed by atoms with Crippen LogP contribution >= 0.6 is 11.3 Å². The molecule has 0 aliphatic heterocycles. The van der Waals surface area contributed by atoms with Crippen molar-refractivity contribution >= 4 is 33.3 Å². The van der Waals surface area contributed by atoms with Crippen molar-refractivity contribution in [1.82, 2.24) is 9.97 Å². The number of amides is 1. The van der Waals surface area contributed by atoms with E-state index in [9.17, 15) is 4.79 Å². The number of carbonyl (C=O) groups excluding carboxylic acids is 1. The number of thiophene rings is 1. The SMILES string of the molecule is NC(=O)[C@H](Cc1ccccc1)Nc1ccc(-c2ccnc3[nH]ccc23)s1. The number of H-pyrrole nitrogens is 1. The van der Waals surface area contributed by atoms with Crippen LogP contribution < -0.4 is 11.1 Å². The summed E-state index contributed by atoms with van der Waals surface area (Å²) in [6, 6.07) is 17.5. The zero-order chi connectivity index (χ0) is 17.9. The summed E-state index contributed by atoms with van der Waals surface area (Å²) in [6.45, 7) is 0. The van der Waals surface area contributed by atoms with Crippen LogP contribution in [0, 0.1) is 0 Å². The van der Waals surface area contributed by atoms with Crippen molar-refractivity contribution in [3.63, 3.8) is 0 Å². The molecule has 0 saturated heterocycles. The molecule has 4 rings (SSSR count). The fraction of sp³-hybridized carbons (Fsp3) is 0.100. The molecular weight excluding hydrogens is 344 g/mol. The quantitative estimate of drug-likeness (QED) is 0.488. The normalized spacial score (nSPS) is 12.2. The van der Waals surface area contributed by atoms with Crippen LogP contribution in [0.15, 0.2) is 67.0 Å². The number of primary amides is 1. The van der Waals surface area contributed by atoms with Gasteiger partial charge >= 0.3 is 0 Å². The Bertz CT molecular complexity index is 1040. The van der Waals surface area contributed by atoms with Crippen molar-refractivity contribution in [3.8, 4) is 10.4 Å². The molecule has 3 heterocycles. The molecule has 0 aliphatic carbocycles. The fourth-order valence-electron chi connectivity index (χ4n) is 2.98. The summed E-state index contributed by atoms with van der Waals surface area (Å²) >= 11 is 1.60. The van der Waals surface area contributed by atoms with Crippen LogP contribution in [0.3, 0.4) is 0 Å². The van der Waals surface area contributed by atoms with Crippen LogP contribution in [0.1, 0.15) is 5.56 Å². The number of nitrogens with two attached hydrogens (primary N) is 1. The zero-order valence-corrected chi connectivity index (χ0v) is 14.8. The highest BCUT2D eigenvalue weighted by Crippen LogP contribution is 2.35. The van der Waals surface area contributed by atoms with Gasteiger partial charge in [0.25, 0.3) is 0 Å². The third-order valence-electron chi connectivity index (χ3n) is 4.27. The second-order valence-corrected chi connectivity index (χ2v) is 7.14. The highest BCUT2D eigenvalue weighted by Gasteiger charge is 2.17. The van der Waals surface area contributed by atoms with Crippen LogP contribution in [0.2, 0.25) is 0 Å². The van der Waals surface area contributed by atoms with E-state index in [0.29, 0.717) is 6.42 Å². The first-order valence-corrected chi connectivity index (χ1v) is 9.14. The Morgan fingerprint density at radius 3 is 2.81 bits per heavy atom. The molecule has 0 saturated carbocycles. The number of carbonyl (C=O) groups is 1. The summed E-state index contributed by atoms with van der Waals surface area (Å²) in [4.78, 5) is 20.4. The van der Waals surface area contributed by atoms with Crippen molar-refractivity contribution in [2.45, 2.75) is 12.5 Å². The van der Waals surface area contributed by atoms with Crippen LogP contribution in [0.25, 0.3) is 21.5 Å². The second kappa shape index (κ2) is 7.01. The molecule has 1 atom stereocenters. The molecule has 3 aromatic heterocycles. The van der Waals surface area contributed by atoms with E-state index >= 15 is 0 Å². The van der Waals surface area contributed by atoms with E-state index in [2.05, 4.69) is 21.4 Å². The maximum atomic E-state index is 11.9. The van der Waals surface area contributed by atoms with E-state index in [4.69, 9.17) is 5.73 Å². The first-order valence-electron chi connectivity index (χ1n) is 8.33. The minimum Gasteiger partial charge on any atom is -0.368 e. The lowest BCUT2D eigenvalue weighted by atomic mass is 10.1. The number of nitrogens with one attached hydrogen (secondary N) is 2. The standard InChI is InChI=1S/C20H18N4OS/c21-19(25)16(12-13-4-2-1-3-5-13)24-18-7-6-17(26-18)14-8-10-22-20-15(14)9-11-23-20/h1-11,16,24H,12H2,(H2,21,25)(H,22,23)/t16-/m0/s1. The first-order chi connectivity index (χ1) is 12.7. The molecule has 0 unspecified atom stereocenters. The highest BCUT2D eigenvalue weighted by molar-refractivity contribution is 7.19. The number of benzene rings is 1. The third-order valence-corrected chi connectivity index (χ3v) is 5.32. The van der Waals surface area contributed by atoms with Gasteiger partial charge in [0, 0.05) is 34.6 Å². The van der Waals surface area contributed by atoms with E-state index in [0.717, 1.165) is 32.0 Å². The Balaban J connectivity index is 1.57. The summed E-state index contributed by atoms with van der Waals surface area (Å²) in [7, 11) is 0. The van der Waals surface area contributed by atoms with Crippen LogP contribution in [-0.4, -0.2) is 21.9 Å². The minimum atomic E-state index is -0.450. The van der Waals surface area contributed by atoms with Gasteiger partial charge in [-0.05, 0) is 29.8 Å².